The molecule has 1 aromatic rings. The SMILES string of the molecule is CC(C)N(Cc1cc(F)cc(F)c1)C(=O)C1(C(F)(F)F)CC1. The number of amides is 1. The Labute approximate surface area is 124 Å². The fourth-order valence-corrected chi connectivity index (χ4v) is 2.41. The lowest BCUT2D eigenvalue weighted by Crippen LogP contribution is -2.46. The highest BCUT2D eigenvalue weighted by molar-refractivity contribution is 5.86. The minimum Gasteiger partial charge on any atom is -0.335 e. The molecule has 1 aromatic carbocycles. The van der Waals surface area contributed by atoms with Gasteiger partial charge in [-0.15, -0.1) is 0 Å². The molecule has 2 nitrogen and oxygen atoms in total. The highest BCUT2D eigenvalue weighted by Gasteiger charge is 2.69. The zero-order chi connectivity index (χ0) is 16.7. The van der Waals surface area contributed by atoms with Crippen molar-refractivity contribution in [3.05, 3.63) is 35.4 Å². The van der Waals surface area contributed by atoms with Crippen molar-refractivity contribution in [2.45, 2.75) is 45.5 Å². The van der Waals surface area contributed by atoms with Crippen LogP contribution < -0.4 is 0 Å². The van der Waals surface area contributed by atoms with Crippen molar-refractivity contribution in [1.29, 1.82) is 0 Å². The third-order valence-corrected chi connectivity index (χ3v) is 3.86. The van der Waals surface area contributed by atoms with Gasteiger partial charge in [0, 0.05) is 18.7 Å². The van der Waals surface area contributed by atoms with Crippen LogP contribution in [0.4, 0.5) is 22.0 Å². The number of halogens is 5. The molecule has 7 heteroatoms. The van der Waals surface area contributed by atoms with Gasteiger partial charge >= 0.3 is 6.18 Å². The summed E-state index contributed by atoms with van der Waals surface area (Å²) in [6.07, 6.45) is -5.09. The first-order valence-corrected chi connectivity index (χ1v) is 6.89. The Hall–Kier alpha value is -1.66. The molecule has 22 heavy (non-hydrogen) atoms. The average Bonchev–Trinajstić information content (AvgIpc) is 3.14. The van der Waals surface area contributed by atoms with Crippen molar-refractivity contribution in [3.63, 3.8) is 0 Å². The Morgan fingerprint density at radius 1 is 1.18 bits per heavy atom. The van der Waals surface area contributed by atoms with Crippen molar-refractivity contribution >= 4 is 5.91 Å². The van der Waals surface area contributed by atoms with Crippen LogP contribution >= 0.6 is 0 Å². The smallest absolute Gasteiger partial charge is 0.335 e. The van der Waals surface area contributed by atoms with Gasteiger partial charge in [0.15, 0.2) is 0 Å². The molecule has 0 atom stereocenters. The van der Waals surface area contributed by atoms with Crippen LogP contribution in [0, 0.1) is 17.0 Å². The van der Waals surface area contributed by atoms with E-state index in [1.54, 1.807) is 13.8 Å². The lowest BCUT2D eigenvalue weighted by atomic mass is 10.0. The lowest BCUT2D eigenvalue weighted by molar-refractivity contribution is -0.199. The summed E-state index contributed by atoms with van der Waals surface area (Å²) in [5.41, 5.74) is -2.21. The Bertz CT molecular complexity index is 558. The summed E-state index contributed by atoms with van der Waals surface area (Å²) in [6, 6.07) is 2.18. The van der Waals surface area contributed by atoms with Crippen LogP contribution in [0.3, 0.4) is 0 Å². The maximum atomic E-state index is 13.2. The Morgan fingerprint density at radius 2 is 1.68 bits per heavy atom. The minimum atomic E-state index is -4.61. The van der Waals surface area contributed by atoms with Gasteiger partial charge < -0.3 is 4.90 Å². The highest BCUT2D eigenvalue weighted by Crippen LogP contribution is 2.58. The topological polar surface area (TPSA) is 20.3 Å². The molecule has 0 aliphatic heterocycles. The number of nitrogens with zero attached hydrogens (tertiary/aromatic N) is 1. The van der Waals surface area contributed by atoms with Gasteiger partial charge in [-0.1, -0.05) is 0 Å². The third kappa shape index (κ3) is 3.08. The van der Waals surface area contributed by atoms with E-state index >= 15 is 0 Å². The monoisotopic (exact) mass is 321 g/mol. The fourth-order valence-electron chi connectivity index (χ4n) is 2.41. The standard InChI is InChI=1S/C15H16F5NO/c1-9(2)21(8-10-5-11(16)7-12(17)6-10)13(22)14(3-4-14)15(18,19)20/h5-7,9H,3-4,8H2,1-2H3. The van der Waals surface area contributed by atoms with Crippen LogP contribution in [0.1, 0.15) is 32.3 Å². The minimum absolute atomic E-state index is 0.123. The Balaban J connectivity index is 2.26. The quantitative estimate of drug-likeness (QED) is 0.766. The van der Waals surface area contributed by atoms with E-state index in [9.17, 15) is 26.7 Å². The van der Waals surface area contributed by atoms with E-state index in [2.05, 4.69) is 0 Å². The van der Waals surface area contributed by atoms with Crippen molar-refractivity contribution in [2.24, 2.45) is 5.41 Å². The molecule has 1 aliphatic rings. The molecule has 0 bridgehead atoms. The molecule has 122 valence electrons. The summed E-state index contributed by atoms with van der Waals surface area (Å²) < 4.78 is 65.6. The molecule has 2 rings (SSSR count). The molecule has 0 aromatic heterocycles. The van der Waals surface area contributed by atoms with Gasteiger partial charge in [-0.2, -0.15) is 13.2 Å². The maximum Gasteiger partial charge on any atom is 0.403 e. The summed E-state index contributed by atoms with van der Waals surface area (Å²) in [6.45, 7) is 2.88. The van der Waals surface area contributed by atoms with Gasteiger partial charge in [-0.05, 0) is 44.4 Å². The van der Waals surface area contributed by atoms with Crippen LogP contribution in [0.2, 0.25) is 0 Å². The molecule has 0 saturated heterocycles. The van der Waals surface area contributed by atoms with Crippen LogP contribution in [0.15, 0.2) is 18.2 Å². The lowest BCUT2D eigenvalue weighted by Gasteiger charge is -2.31. The third-order valence-electron chi connectivity index (χ3n) is 3.86. The van der Waals surface area contributed by atoms with Crippen molar-refractivity contribution < 1.29 is 26.7 Å². The van der Waals surface area contributed by atoms with Gasteiger partial charge in [0.2, 0.25) is 5.91 Å². The number of rotatable bonds is 4. The fraction of sp³-hybridized carbons (Fsp3) is 0.533. The van der Waals surface area contributed by atoms with Gasteiger partial charge in [0.1, 0.15) is 17.0 Å². The number of hydrogen-bond donors (Lipinski definition) is 0. The van der Waals surface area contributed by atoms with Crippen molar-refractivity contribution in [1.82, 2.24) is 4.90 Å². The summed E-state index contributed by atoms with van der Waals surface area (Å²) in [5, 5.41) is 0. The maximum absolute atomic E-state index is 13.2. The molecule has 0 unspecified atom stereocenters. The first-order valence-electron chi connectivity index (χ1n) is 6.89. The van der Waals surface area contributed by atoms with E-state index in [1.165, 1.54) is 0 Å². The number of benzene rings is 1. The normalized spacial score (nSPS) is 16.7. The first kappa shape index (κ1) is 16.7. The summed E-state index contributed by atoms with van der Waals surface area (Å²) in [7, 11) is 0. The van der Waals surface area contributed by atoms with Crippen molar-refractivity contribution in [3.8, 4) is 0 Å². The molecule has 0 spiro atoms. The Kier molecular flexibility index (Phi) is 4.19. The molecule has 0 radical (unpaired) electrons. The molecule has 1 saturated carbocycles. The van der Waals surface area contributed by atoms with E-state index in [4.69, 9.17) is 0 Å². The summed E-state index contributed by atoms with van der Waals surface area (Å²) in [5.74, 6) is -2.69. The largest absolute Gasteiger partial charge is 0.403 e. The number of hydrogen-bond acceptors (Lipinski definition) is 1. The van der Waals surface area contributed by atoms with E-state index in [0.717, 1.165) is 17.0 Å². The van der Waals surface area contributed by atoms with Crippen molar-refractivity contribution in [2.75, 3.05) is 0 Å². The van der Waals surface area contributed by atoms with E-state index in [0.29, 0.717) is 6.07 Å². The van der Waals surface area contributed by atoms with Crippen LogP contribution in [-0.4, -0.2) is 23.0 Å². The second-order valence-corrected chi connectivity index (χ2v) is 5.88. The van der Waals surface area contributed by atoms with Gasteiger partial charge in [-0.25, -0.2) is 8.78 Å². The van der Waals surface area contributed by atoms with Gasteiger partial charge in [0.05, 0.1) is 0 Å². The molecular formula is C15H16F5NO. The first-order chi connectivity index (χ1) is 10.1. The zero-order valence-corrected chi connectivity index (χ0v) is 12.2. The number of carbonyl (C=O) groups excluding carboxylic acids is 1. The number of carbonyl (C=O) groups is 1. The molecule has 1 amide bonds. The van der Waals surface area contributed by atoms with Crippen LogP contribution in [0.25, 0.3) is 0 Å². The highest BCUT2D eigenvalue weighted by atomic mass is 19.4. The van der Waals surface area contributed by atoms with E-state index < -0.39 is 35.2 Å². The Morgan fingerprint density at radius 3 is 2.05 bits per heavy atom. The van der Waals surface area contributed by atoms with E-state index in [1.807, 2.05) is 0 Å². The predicted octanol–water partition coefficient (Wildman–Crippen LogP) is 4.04. The zero-order valence-electron chi connectivity index (χ0n) is 12.2. The molecule has 0 heterocycles. The second kappa shape index (κ2) is 5.52. The van der Waals surface area contributed by atoms with Gasteiger partial charge in [-0.3, -0.25) is 4.79 Å². The van der Waals surface area contributed by atoms with E-state index in [-0.39, 0.29) is 24.9 Å². The average molecular weight is 321 g/mol. The van der Waals surface area contributed by atoms with Gasteiger partial charge in [0.25, 0.3) is 0 Å². The summed E-state index contributed by atoms with van der Waals surface area (Å²) >= 11 is 0. The van der Waals surface area contributed by atoms with Crippen LogP contribution in [-0.2, 0) is 11.3 Å². The second-order valence-electron chi connectivity index (χ2n) is 5.88. The number of alkyl halides is 3. The van der Waals surface area contributed by atoms with Crippen LogP contribution in [0.5, 0.6) is 0 Å². The predicted molar refractivity (Wildman–Crippen MR) is 69.8 cm³/mol. The molecule has 0 N–H and O–H groups in total. The summed E-state index contributed by atoms with van der Waals surface area (Å²) in [4.78, 5) is 13.3. The molecule has 1 aliphatic carbocycles. The molecular weight excluding hydrogens is 305 g/mol. The molecule has 1 fully saturated rings.